The van der Waals surface area contributed by atoms with E-state index in [0.717, 1.165) is 0 Å². The minimum absolute atomic E-state index is 0.0156. The number of hydrogen-bond acceptors (Lipinski definition) is 5. The zero-order valence-corrected chi connectivity index (χ0v) is 13.7. The van der Waals surface area contributed by atoms with Gasteiger partial charge in [0.2, 0.25) is 0 Å². The molecule has 1 aliphatic rings. The Morgan fingerprint density at radius 1 is 1.64 bits per heavy atom. The fourth-order valence-corrected chi connectivity index (χ4v) is 2.78. The van der Waals surface area contributed by atoms with Crippen LogP contribution < -0.4 is 10.2 Å². The second kappa shape index (κ2) is 7.75. The van der Waals surface area contributed by atoms with Crippen molar-refractivity contribution in [2.75, 3.05) is 30.3 Å². The highest BCUT2D eigenvalue weighted by atomic mass is 32.2. The van der Waals surface area contributed by atoms with Gasteiger partial charge in [-0.2, -0.15) is 0 Å². The number of aliphatic hydroxyl groups is 1. The van der Waals surface area contributed by atoms with Crippen LogP contribution in [0.25, 0.3) is 0 Å². The van der Waals surface area contributed by atoms with Crippen molar-refractivity contribution in [3.05, 3.63) is 24.0 Å². The summed E-state index contributed by atoms with van der Waals surface area (Å²) in [6.07, 6.45) is -0.819. The van der Waals surface area contributed by atoms with Gasteiger partial charge in [-0.15, -0.1) is 11.8 Å². The van der Waals surface area contributed by atoms with E-state index in [1.165, 1.54) is 22.7 Å². The van der Waals surface area contributed by atoms with Crippen LogP contribution in [0, 0.1) is 5.82 Å². The summed E-state index contributed by atoms with van der Waals surface area (Å²) < 4.78 is 19.2. The Bertz CT molecular complexity index is 571. The molecule has 120 valence electrons. The van der Waals surface area contributed by atoms with Crippen LogP contribution in [0.4, 0.5) is 14.9 Å². The van der Waals surface area contributed by atoms with Crippen molar-refractivity contribution in [1.82, 2.24) is 5.32 Å². The van der Waals surface area contributed by atoms with Crippen LogP contribution in [0.1, 0.15) is 6.92 Å². The van der Waals surface area contributed by atoms with Crippen LogP contribution in [0.5, 0.6) is 0 Å². The topological polar surface area (TPSA) is 61.8 Å². The van der Waals surface area contributed by atoms with Gasteiger partial charge in [0.25, 0.3) is 0 Å². The lowest BCUT2D eigenvalue weighted by Crippen LogP contribution is -2.32. The third-order valence-electron chi connectivity index (χ3n) is 3.03. The molecule has 0 bridgehead atoms. The average Bonchev–Trinajstić information content (AvgIpc) is 2.85. The number of anilines is 1. The SMILES string of the molecule is CC(=S)NC[C@H]1CN(c2ccc(SCCO)c(F)c2)C(=O)O1. The number of carbonyl (C=O) groups is 1. The Labute approximate surface area is 137 Å². The monoisotopic (exact) mass is 344 g/mol. The van der Waals surface area contributed by atoms with E-state index in [-0.39, 0.29) is 12.7 Å². The van der Waals surface area contributed by atoms with E-state index in [1.54, 1.807) is 19.1 Å². The summed E-state index contributed by atoms with van der Waals surface area (Å²) in [5.74, 6) is 0.00670. The molecule has 2 N–H and O–H groups in total. The van der Waals surface area contributed by atoms with Crippen molar-refractivity contribution in [2.24, 2.45) is 0 Å². The molecule has 5 nitrogen and oxygen atoms in total. The molecule has 22 heavy (non-hydrogen) atoms. The van der Waals surface area contributed by atoms with Gasteiger partial charge < -0.3 is 15.2 Å². The quantitative estimate of drug-likeness (QED) is 0.609. The molecule has 1 aromatic rings. The summed E-state index contributed by atoms with van der Waals surface area (Å²) in [4.78, 5) is 14.4. The van der Waals surface area contributed by atoms with Crippen molar-refractivity contribution in [1.29, 1.82) is 0 Å². The molecule has 1 aromatic carbocycles. The highest BCUT2D eigenvalue weighted by molar-refractivity contribution is 7.99. The number of thioether (sulfide) groups is 1. The number of thiocarbonyl (C=S) groups is 1. The first kappa shape index (κ1) is 17.0. The molecular formula is C14H17FN2O3S2. The third kappa shape index (κ3) is 4.31. The fraction of sp³-hybridized carbons (Fsp3) is 0.429. The molecule has 0 aliphatic carbocycles. The van der Waals surface area contributed by atoms with Gasteiger partial charge in [-0.3, -0.25) is 4.90 Å². The Kier molecular flexibility index (Phi) is 5.98. The Balaban J connectivity index is 2.03. The summed E-state index contributed by atoms with van der Waals surface area (Å²) >= 11 is 6.14. The highest BCUT2D eigenvalue weighted by Crippen LogP contribution is 2.28. The predicted molar refractivity (Wildman–Crippen MR) is 88.1 cm³/mol. The van der Waals surface area contributed by atoms with E-state index < -0.39 is 11.9 Å². The van der Waals surface area contributed by atoms with Gasteiger partial charge in [0.05, 0.1) is 30.4 Å². The van der Waals surface area contributed by atoms with E-state index in [2.05, 4.69) is 5.32 Å². The van der Waals surface area contributed by atoms with Gasteiger partial charge in [0.15, 0.2) is 0 Å². The maximum atomic E-state index is 14.0. The minimum atomic E-state index is -0.496. The number of nitrogens with zero attached hydrogens (tertiary/aromatic N) is 1. The molecule has 1 aliphatic heterocycles. The number of rotatable bonds is 6. The van der Waals surface area contributed by atoms with E-state index in [0.29, 0.717) is 34.4 Å². The smallest absolute Gasteiger partial charge is 0.414 e. The number of nitrogens with one attached hydrogen (secondary N) is 1. The lowest BCUT2D eigenvalue weighted by Gasteiger charge is -2.14. The van der Waals surface area contributed by atoms with Gasteiger partial charge in [-0.25, -0.2) is 9.18 Å². The van der Waals surface area contributed by atoms with Crippen molar-refractivity contribution in [3.8, 4) is 0 Å². The first-order chi connectivity index (χ1) is 10.5. The number of halogens is 1. The molecule has 0 saturated carbocycles. The number of amides is 1. The molecule has 1 heterocycles. The Morgan fingerprint density at radius 3 is 3.05 bits per heavy atom. The molecular weight excluding hydrogens is 327 g/mol. The Hall–Kier alpha value is -1.38. The molecule has 0 radical (unpaired) electrons. The average molecular weight is 344 g/mol. The summed E-state index contributed by atoms with van der Waals surface area (Å²) in [6.45, 7) is 2.52. The van der Waals surface area contributed by atoms with Gasteiger partial charge in [0.1, 0.15) is 11.9 Å². The van der Waals surface area contributed by atoms with Crippen molar-refractivity contribution < 1.29 is 19.0 Å². The minimum Gasteiger partial charge on any atom is -0.442 e. The number of ether oxygens (including phenoxy) is 1. The molecule has 1 saturated heterocycles. The van der Waals surface area contributed by atoms with Crippen molar-refractivity contribution >= 4 is 40.7 Å². The van der Waals surface area contributed by atoms with Crippen LogP contribution >= 0.6 is 24.0 Å². The van der Waals surface area contributed by atoms with Crippen LogP contribution in [0.2, 0.25) is 0 Å². The summed E-state index contributed by atoms with van der Waals surface area (Å²) in [7, 11) is 0. The van der Waals surface area contributed by atoms with E-state index in [1.807, 2.05) is 0 Å². The number of cyclic esters (lactones) is 1. The van der Waals surface area contributed by atoms with Gasteiger partial charge in [0, 0.05) is 10.6 Å². The zero-order chi connectivity index (χ0) is 16.1. The zero-order valence-electron chi connectivity index (χ0n) is 12.0. The highest BCUT2D eigenvalue weighted by Gasteiger charge is 2.32. The number of benzene rings is 1. The Morgan fingerprint density at radius 2 is 2.41 bits per heavy atom. The van der Waals surface area contributed by atoms with Crippen LogP contribution in [0.15, 0.2) is 23.1 Å². The van der Waals surface area contributed by atoms with Gasteiger partial charge >= 0.3 is 6.09 Å². The standard InChI is InChI=1S/C14H17FN2O3S2/c1-9(21)16-7-11-8-17(14(19)20-11)10-2-3-13(12(15)6-10)22-5-4-18/h2-3,6,11,18H,4-5,7-8H2,1H3,(H,16,21)/t11-/m0/s1. The molecule has 8 heteroatoms. The molecule has 1 atom stereocenters. The van der Waals surface area contributed by atoms with Crippen LogP contribution in [-0.2, 0) is 4.74 Å². The second-order valence-electron chi connectivity index (χ2n) is 4.74. The van der Waals surface area contributed by atoms with E-state index in [4.69, 9.17) is 22.1 Å². The largest absolute Gasteiger partial charge is 0.442 e. The summed E-state index contributed by atoms with van der Waals surface area (Å²) in [5, 5.41) is 11.7. The third-order valence-corrected chi connectivity index (χ3v) is 4.20. The summed E-state index contributed by atoms with van der Waals surface area (Å²) in [5.41, 5.74) is 0.456. The maximum Gasteiger partial charge on any atom is 0.414 e. The van der Waals surface area contributed by atoms with Crippen LogP contribution in [-0.4, -0.2) is 47.7 Å². The molecule has 1 amide bonds. The normalized spacial score (nSPS) is 17.5. The number of carbonyl (C=O) groups excluding carboxylic acids is 1. The van der Waals surface area contributed by atoms with Gasteiger partial charge in [-0.05, 0) is 25.1 Å². The first-order valence-electron chi connectivity index (χ1n) is 6.77. The number of aliphatic hydroxyl groups excluding tert-OH is 1. The van der Waals surface area contributed by atoms with Crippen LogP contribution in [0.3, 0.4) is 0 Å². The lowest BCUT2D eigenvalue weighted by molar-refractivity contribution is 0.143. The molecule has 1 fully saturated rings. The van der Waals surface area contributed by atoms with Crippen molar-refractivity contribution in [2.45, 2.75) is 17.9 Å². The molecule has 0 aromatic heterocycles. The summed E-state index contributed by atoms with van der Waals surface area (Å²) in [6, 6.07) is 4.58. The molecule has 0 spiro atoms. The molecule has 2 rings (SSSR count). The maximum absolute atomic E-state index is 14.0. The molecule has 0 unspecified atom stereocenters. The number of hydrogen-bond donors (Lipinski definition) is 2. The first-order valence-corrected chi connectivity index (χ1v) is 8.16. The van der Waals surface area contributed by atoms with Gasteiger partial charge in [-0.1, -0.05) is 12.2 Å². The second-order valence-corrected chi connectivity index (χ2v) is 6.49. The van der Waals surface area contributed by atoms with E-state index >= 15 is 0 Å². The van der Waals surface area contributed by atoms with E-state index in [9.17, 15) is 9.18 Å². The predicted octanol–water partition coefficient (Wildman–Crippen LogP) is 2.17. The lowest BCUT2D eigenvalue weighted by atomic mass is 10.2. The fourth-order valence-electron chi connectivity index (χ4n) is 2.03. The van der Waals surface area contributed by atoms with Crippen molar-refractivity contribution in [3.63, 3.8) is 0 Å².